The van der Waals surface area contributed by atoms with E-state index in [2.05, 4.69) is 46.5 Å². The predicted octanol–water partition coefficient (Wildman–Crippen LogP) is 3.25. The SMILES string of the molecule is CNC(c1ncccc1C)c1cncc2ccccc12. The number of fused-ring (bicyclic) bond motifs is 1. The van der Waals surface area contributed by atoms with Gasteiger partial charge in [-0.2, -0.15) is 0 Å². The molecule has 100 valence electrons. The molecule has 0 aliphatic rings. The standard InChI is InChI=1S/C17H17N3/c1-12-6-5-9-20-16(12)17(18-2)15-11-19-10-13-7-3-4-8-14(13)15/h3-11,17-18H,1-2H3. The van der Waals surface area contributed by atoms with Crippen LogP contribution in [0.2, 0.25) is 0 Å². The normalized spacial score (nSPS) is 12.5. The zero-order valence-corrected chi connectivity index (χ0v) is 11.7. The average Bonchev–Trinajstić information content (AvgIpc) is 2.50. The van der Waals surface area contributed by atoms with Gasteiger partial charge in [-0.1, -0.05) is 30.3 Å². The first-order valence-corrected chi connectivity index (χ1v) is 6.72. The molecule has 0 aliphatic carbocycles. The van der Waals surface area contributed by atoms with Crippen LogP contribution in [0.15, 0.2) is 55.0 Å². The fraction of sp³-hybridized carbons (Fsp3) is 0.176. The van der Waals surface area contributed by atoms with Crippen molar-refractivity contribution in [2.45, 2.75) is 13.0 Å². The highest BCUT2D eigenvalue weighted by atomic mass is 14.9. The molecule has 0 aliphatic heterocycles. The number of rotatable bonds is 3. The average molecular weight is 263 g/mol. The molecular formula is C17H17N3. The van der Waals surface area contributed by atoms with E-state index in [1.165, 1.54) is 10.9 Å². The molecule has 0 saturated carbocycles. The Morgan fingerprint density at radius 2 is 1.90 bits per heavy atom. The molecule has 2 heterocycles. The highest BCUT2D eigenvalue weighted by Gasteiger charge is 2.17. The van der Waals surface area contributed by atoms with Gasteiger partial charge >= 0.3 is 0 Å². The van der Waals surface area contributed by atoms with Crippen molar-refractivity contribution in [3.63, 3.8) is 0 Å². The highest BCUT2D eigenvalue weighted by Crippen LogP contribution is 2.28. The lowest BCUT2D eigenvalue weighted by atomic mass is 9.97. The Kier molecular flexibility index (Phi) is 3.44. The molecule has 2 aromatic heterocycles. The van der Waals surface area contributed by atoms with Crippen molar-refractivity contribution in [1.29, 1.82) is 0 Å². The van der Waals surface area contributed by atoms with Gasteiger partial charge in [0.1, 0.15) is 0 Å². The van der Waals surface area contributed by atoms with Gasteiger partial charge in [0, 0.05) is 29.5 Å². The molecule has 0 saturated heterocycles. The summed E-state index contributed by atoms with van der Waals surface area (Å²) in [7, 11) is 1.96. The maximum Gasteiger partial charge on any atom is 0.0772 e. The third kappa shape index (κ3) is 2.17. The van der Waals surface area contributed by atoms with Crippen molar-refractivity contribution in [1.82, 2.24) is 15.3 Å². The van der Waals surface area contributed by atoms with E-state index in [0.29, 0.717) is 0 Å². The van der Waals surface area contributed by atoms with Gasteiger partial charge in [0.25, 0.3) is 0 Å². The first-order chi connectivity index (χ1) is 9.81. The fourth-order valence-electron chi connectivity index (χ4n) is 2.61. The van der Waals surface area contributed by atoms with Crippen molar-refractivity contribution in [2.24, 2.45) is 0 Å². The lowest BCUT2D eigenvalue weighted by molar-refractivity contribution is 0.668. The van der Waals surface area contributed by atoms with Crippen LogP contribution in [0.25, 0.3) is 10.8 Å². The summed E-state index contributed by atoms with van der Waals surface area (Å²) in [6.45, 7) is 2.09. The minimum Gasteiger partial charge on any atom is -0.308 e. The van der Waals surface area contributed by atoms with E-state index in [1.807, 2.05) is 37.8 Å². The molecule has 1 atom stereocenters. The summed E-state index contributed by atoms with van der Waals surface area (Å²) in [6, 6.07) is 12.4. The highest BCUT2D eigenvalue weighted by molar-refractivity contribution is 5.85. The summed E-state index contributed by atoms with van der Waals surface area (Å²) < 4.78 is 0. The molecule has 0 spiro atoms. The van der Waals surface area contributed by atoms with E-state index in [0.717, 1.165) is 16.6 Å². The lowest BCUT2D eigenvalue weighted by Gasteiger charge is -2.19. The zero-order chi connectivity index (χ0) is 13.9. The topological polar surface area (TPSA) is 37.8 Å². The number of benzene rings is 1. The molecule has 1 aromatic carbocycles. The van der Waals surface area contributed by atoms with Crippen LogP contribution in [-0.4, -0.2) is 17.0 Å². The number of aryl methyl sites for hydroxylation is 1. The second-order valence-electron chi connectivity index (χ2n) is 4.88. The van der Waals surface area contributed by atoms with Crippen LogP contribution in [0.1, 0.15) is 22.9 Å². The second-order valence-corrected chi connectivity index (χ2v) is 4.88. The van der Waals surface area contributed by atoms with Gasteiger partial charge in [-0.05, 0) is 31.0 Å². The Labute approximate surface area is 118 Å². The predicted molar refractivity (Wildman–Crippen MR) is 81.6 cm³/mol. The largest absolute Gasteiger partial charge is 0.308 e. The number of nitrogens with one attached hydrogen (secondary N) is 1. The molecule has 3 heteroatoms. The van der Waals surface area contributed by atoms with Gasteiger partial charge < -0.3 is 5.32 Å². The third-order valence-corrected chi connectivity index (χ3v) is 3.62. The number of hydrogen-bond acceptors (Lipinski definition) is 3. The fourth-order valence-corrected chi connectivity index (χ4v) is 2.61. The van der Waals surface area contributed by atoms with Crippen molar-refractivity contribution < 1.29 is 0 Å². The van der Waals surface area contributed by atoms with Crippen LogP contribution in [0.3, 0.4) is 0 Å². The van der Waals surface area contributed by atoms with Crippen LogP contribution in [-0.2, 0) is 0 Å². The Bertz CT molecular complexity index is 732. The zero-order valence-electron chi connectivity index (χ0n) is 11.7. The van der Waals surface area contributed by atoms with Crippen LogP contribution in [0.4, 0.5) is 0 Å². The Balaban J connectivity index is 2.20. The van der Waals surface area contributed by atoms with Gasteiger partial charge in [0.2, 0.25) is 0 Å². The summed E-state index contributed by atoms with van der Waals surface area (Å²) in [5.74, 6) is 0. The quantitative estimate of drug-likeness (QED) is 0.788. The maximum absolute atomic E-state index is 4.54. The molecule has 0 radical (unpaired) electrons. The van der Waals surface area contributed by atoms with Crippen LogP contribution >= 0.6 is 0 Å². The molecule has 3 rings (SSSR count). The Morgan fingerprint density at radius 3 is 2.70 bits per heavy atom. The van der Waals surface area contributed by atoms with Crippen molar-refractivity contribution >= 4 is 10.8 Å². The van der Waals surface area contributed by atoms with E-state index in [4.69, 9.17) is 0 Å². The van der Waals surface area contributed by atoms with E-state index in [-0.39, 0.29) is 6.04 Å². The summed E-state index contributed by atoms with van der Waals surface area (Å²) in [5.41, 5.74) is 3.39. The molecule has 0 bridgehead atoms. The van der Waals surface area contributed by atoms with E-state index in [9.17, 15) is 0 Å². The second kappa shape index (κ2) is 5.39. The molecule has 0 fully saturated rings. The van der Waals surface area contributed by atoms with Crippen molar-refractivity contribution in [3.05, 3.63) is 71.8 Å². The number of pyridine rings is 2. The van der Waals surface area contributed by atoms with E-state index < -0.39 is 0 Å². The Hall–Kier alpha value is -2.26. The molecule has 1 unspecified atom stereocenters. The van der Waals surface area contributed by atoms with Crippen molar-refractivity contribution in [2.75, 3.05) is 7.05 Å². The molecule has 3 nitrogen and oxygen atoms in total. The van der Waals surface area contributed by atoms with Gasteiger partial charge in [0.05, 0.1) is 11.7 Å². The maximum atomic E-state index is 4.54. The van der Waals surface area contributed by atoms with Crippen molar-refractivity contribution in [3.8, 4) is 0 Å². The summed E-state index contributed by atoms with van der Waals surface area (Å²) in [4.78, 5) is 8.91. The number of hydrogen-bond donors (Lipinski definition) is 1. The summed E-state index contributed by atoms with van der Waals surface area (Å²) >= 11 is 0. The molecule has 20 heavy (non-hydrogen) atoms. The molecule has 0 amide bonds. The summed E-state index contributed by atoms with van der Waals surface area (Å²) in [5, 5.41) is 5.73. The minimum absolute atomic E-state index is 0.0507. The van der Waals surface area contributed by atoms with Gasteiger partial charge in [-0.25, -0.2) is 0 Å². The van der Waals surface area contributed by atoms with E-state index >= 15 is 0 Å². The molecule has 1 N–H and O–H groups in total. The first kappa shape index (κ1) is 12.8. The first-order valence-electron chi connectivity index (χ1n) is 6.72. The number of nitrogens with zero attached hydrogens (tertiary/aromatic N) is 2. The van der Waals surface area contributed by atoms with E-state index in [1.54, 1.807) is 0 Å². The van der Waals surface area contributed by atoms with Crippen LogP contribution < -0.4 is 5.32 Å². The van der Waals surface area contributed by atoms with Crippen LogP contribution in [0.5, 0.6) is 0 Å². The number of aromatic nitrogens is 2. The summed E-state index contributed by atoms with van der Waals surface area (Å²) in [6.07, 6.45) is 5.67. The Morgan fingerprint density at radius 1 is 1.05 bits per heavy atom. The van der Waals surface area contributed by atoms with Gasteiger partial charge in [-0.3, -0.25) is 9.97 Å². The molecular weight excluding hydrogens is 246 g/mol. The van der Waals surface area contributed by atoms with Gasteiger partial charge in [0.15, 0.2) is 0 Å². The smallest absolute Gasteiger partial charge is 0.0772 e. The third-order valence-electron chi connectivity index (χ3n) is 3.62. The monoisotopic (exact) mass is 263 g/mol. The molecule has 3 aromatic rings. The van der Waals surface area contributed by atoms with Crippen LogP contribution in [0, 0.1) is 6.92 Å². The van der Waals surface area contributed by atoms with Gasteiger partial charge in [-0.15, -0.1) is 0 Å². The minimum atomic E-state index is 0.0507. The lowest BCUT2D eigenvalue weighted by Crippen LogP contribution is -2.20.